The van der Waals surface area contributed by atoms with Gasteiger partial charge in [-0.25, -0.2) is 4.98 Å². The summed E-state index contributed by atoms with van der Waals surface area (Å²) in [5.74, 6) is -1.06. The lowest BCUT2D eigenvalue weighted by atomic mass is 10.2. The number of halogens is 1. The van der Waals surface area contributed by atoms with E-state index in [4.69, 9.17) is 10.2 Å². The van der Waals surface area contributed by atoms with Gasteiger partial charge < -0.3 is 20.8 Å². The number of aromatic amines is 1. The van der Waals surface area contributed by atoms with Crippen LogP contribution in [0.4, 0.5) is 17.2 Å². The zero-order chi connectivity index (χ0) is 21.0. The van der Waals surface area contributed by atoms with E-state index in [1.807, 2.05) is 19.1 Å². The van der Waals surface area contributed by atoms with Gasteiger partial charge in [-0.3, -0.25) is 19.4 Å². The maximum absolute atomic E-state index is 12.3. The van der Waals surface area contributed by atoms with E-state index in [-0.39, 0.29) is 34.1 Å². The number of carbonyl (C=O) groups excluding carboxylic acids is 2. The molecule has 0 aliphatic heterocycles. The molecule has 0 aliphatic carbocycles. The van der Waals surface area contributed by atoms with Crippen LogP contribution < -0.4 is 21.9 Å². The largest absolute Gasteiger partial charge is 0.444 e. The zero-order valence-corrected chi connectivity index (χ0v) is 17.5. The van der Waals surface area contributed by atoms with Gasteiger partial charge in [0, 0.05) is 5.69 Å². The Bertz CT molecular complexity index is 1110. The lowest BCUT2D eigenvalue weighted by Gasteiger charge is -2.08. The molecule has 0 fully saturated rings. The Balaban J connectivity index is 1.62. The van der Waals surface area contributed by atoms with Crippen LogP contribution in [0.1, 0.15) is 16.1 Å². The number of rotatable bonds is 6. The highest BCUT2D eigenvalue weighted by Gasteiger charge is 2.17. The number of hydrogen-bond donors (Lipinski definition) is 4. The van der Waals surface area contributed by atoms with Crippen molar-refractivity contribution in [1.82, 2.24) is 9.97 Å². The third-order valence-corrected chi connectivity index (χ3v) is 4.94. The first-order valence-electron chi connectivity index (χ1n) is 8.27. The molecule has 2 heterocycles. The predicted molar refractivity (Wildman–Crippen MR) is 114 cm³/mol. The van der Waals surface area contributed by atoms with E-state index in [1.54, 1.807) is 18.2 Å². The number of nitrogens with two attached hydrogens (primary N) is 1. The average molecular weight is 478 g/mol. The second-order valence-electron chi connectivity index (χ2n) is 5.89. The summed E-state index contributed by atoms with van der Waals surface area (Å²) < 4.78 is 5.50. The Kier molecular flexibility index (Phi) is 6.39. The molecule has 0 atom stereocenters. The maximum atomic E-state index is 12.3. The standard InChI is InChI=1S/C18H16BrN5O4S/c1-9-2-4-10(5-3-9)21-13(25)8-29-18-23-15(20)14(17(27)24-18)22-16(26)11-6-7-12(19)28-11/h2-7H,8H2,1H3,(H,21,25)(H,22,26)(H3,20,23,24,27). The third-order valence-electron chi connectivity index (χ3n) is 3.64. The van der Waals surface area contributed by atoms with Gasteiger partial charge in [0.2, 0.25) is 5.91 Å². The molecule has 0 saturated heterocycles. The molecule has 0 saturated carbocycles. The fourth-order valence-corrected chi connectivity index (χ4v) is 3.21. The SMILES string of the molecule is Cc1ccc(NC(=O)CSc2nc(N)c(NC(=O)c3ccc(Br)o3)c(=O)[nH]2)cc1. The van der Waals surface area contributed by atoms with Gasteiger partial charge in [0.25, 0.3) is 11.5 Å². The van der Waals surface area contributed by atoms with E-state index in [2.05, 4.69) is 36.5 Å². The van der Waals surface area contributed by atoms with Gasteiger partial charge in [0.1, 0.15) is 0 Å². The summed E-state index contributed by atoms with van der Waals surface area (Å²) >= 11 is 4.10. The van der Waals surface area contributed by atoms with Gasteiger partial charge in [-0.1, -0.05) is 29.5 Å². The fraction of sp³-hybridized carbons (Fsp3) is 0.111. The van der Waals surface area contributed by atoms with Crippen LogP contribution in [0.5, 0.6) is 0 Å². The zero-order valence-electron chi connectivity index (χ0n) is 15.1. The molecule has 11 heteroatoms. The Morgan fingerprint density at radius 3 is 2.55 bits per heavy atom. The van der Waals surface area contributed by atoms with Gasteiger partial charge >= 0.3 is 0 Å². The number of benzene rings is 1. The lowest BCUT2D eigenvalue weighted by Crippen LogP contribution is -2.23. The van der Waals surface area contributed by atoms with Gasteiger partial charge in [0.05, 0.1) is 5.75 Å². The van der Waals surface area contributed by atoms with Crippen molar-refractivity contribution >= 4 is 56.7 Å². The Labute approximate surface area is 177 Å². The van der Waals surface area contributed by atoms with Crippen molar-refractivity contribution in [2.24, 2.45) is 0 Å². The Morgan fingerprint density at radius 1 is 1.21 bits per heavy atom. The summed E-state index contributed by atoms with van der Waals surface area (Å²) in [5, 5.41) is 5.27. The smallest absolute Gasteiger partial charge is 0.291 e. The summed E-state index contributed by atoms with van der Waals surface area (Å²) in [5.41, 5.74) is 6.72. The number of nitrogens with one attached hydrogen (secondary N) is 3. The summed E-state index contributed by atoms with van der Waals surface area (Å²) in [6.45, 7) is 1.95. The highest BCUT2D eigenvalue weighted by atomic mass is 79.9. The minimum absolute atomic E-state index is 0.00176. The van der Waals surface area contributed by atoms with Gasteiger partial charge in [0.15, 0.2) is 27.1 Å². The van der Waals surface area contributed by atoms with Crippen LogP contribution >= 0.6 is 27.7 Å². The van der Waals surface area contributed by atoms with Crippen LogP contribution in [0.2, 0.25) is 0 Å². The number of nitrogens with zero attached hydrogens (tertiary/aromatic N) is 1. The van der Waals surface area contributed by atoms with Crippen molar-refractivity contribution in [2.45, 2.75) is 12.1 Å². The molecular weight excluding hydrogens is 462 g/mol. The maximum Gasteiger partial charge on any atom is 0.291 e. The molecule has 0 aliphatic rings. The van der Waals surface area contributed by atoms with E-state index in [0.717, 1.165) is 17.3 Å². The van der Waals surface area contributed by atoms with E-state index in [9.17, 15) is 14.4 Å². The van der Waals surface area contributed by atoms with Crippen LogP contribution in [-0.2, 0) is 4.79 Å². The van der Waals surface area contributed by atoms with E-state index in [0.29, 0.717) is 10.4 Å². The van der Waals surface area contributed by atoms with Crippen molar-refractivity contribution in [1.29, 1.82) is 0 Å². The number of hydrogen-bond acceptors (Lipinski definition) is 7. The molecule has 29 heavy (non-hydrogen) atoms. The van der Waals surface area contributed by atoms with Crippen molar-refractivity contribution in [3.8, 4) is 0 Å². The number of H-pyrrole nitrogens is 1. The number of aromatic nitrogens is 2. The van der Waals surface area contributed by atoms with Gasteiger partial charge in [-0.2, -0.15) is 0 Å². The number of furan rings is 1. The van der Waals surface area contributed by atoms with E-state index < -0.39 is 11.5 Å². The number of thioether (sulfide) groups is 1. The van der Waals surface area contributed by atoms with Crippen molar-refractivity contribution in [3.63, 3.8) is 0 Å². The Hall–Kier alpha value is -3.05. The first-order chi connectivity index (χ1) is 13.8. The predicted octanol–water partition coefficient (Wildman–Crippen LogP) is 3.00. The van der Waals surface area contributed by atoms with Crippen LogP contribution in [0.15, 0.2) is 55.4 Å². The van der Waals surface area contributed by atoms with Crippen molar-refractivity contribution in [2.75, 3.05) is 22.1 Å². The quantitative estimate of drug-likeness (QED) is 0.315. The normalized spacial score (nSPS) is 10.6. The molecule has 5 N–H and O–H groups in total. The molecular formula is C18H16BrN5O4S. The molecule has 3 aromatic rings. The summed E-state index contributed by atoms with van der Waals surface area (Å²) in [7, 11) is 0. The van der Waals surface area contributed by atoms with Gasteiger partial charge in [-0.05, 0) is 47.1 Å². The first kappa shape index (κ1) is 20.7. The van der Waals surface area contributed by atoms with Crippen molar-refractivity contribution < 1.29 is 14.0 Å². The molecule has 1 aromatic carbocycles. The molecule has 0 radical (unpaired) electrons. The summed E-state index contributed by atoms with van der Waals surface area (Å²) in [6, 6.07) is 10.3. The highest BCUT2D eigenvalue weighted by molar-refractivity contribution is 9.10. The Morgan fingerprint density at radius 2 is 1.93 bits per heavy atom. The third kappa shape index (κ3) is 5.48. The van der Waals surface area contributed by atoms with Crippen LogP contribution in [0.25, 0.3) is 0 Å². The summed E-state index contributed by atoms with van der Waals surface area (Å²) in [6.07, 6.45) is 0. The monoisotopic (exact) mass is 477 g/mol. The number of carbonyl (C=O) groups is 2. The second-order valence-corrected chi connectivity index (χ2v) is 7.64. The molecule has 2 amide bonds. The molecule has 3 rings (SSSR count). The molecule has 0 bridgehead atoms. The number of nitrogen functional groups attached to an aromatic ring is 1. The molecule has 0 unspecified atom stereocenters. The highest BCUT2D eigenvalue weighted by Crippen LogP contribution is 2.19. The van der Waals surface area contributed by atoms with Crippen LogP contribution in [0, 0.1) is 6.92 Å². The molecule has 2 aromatic heterocycles. The minimum Gasteiger partial charge on any atom is -0.444 e. The number of aryl methyl sites for hydroxylation is 1. The summed E-state index contributed by atoms with van der Waals surface area (Å²) in [4.78, 5) is 42.9. The number of amides is 2. The van der Waals surface area contributed by atoms with Crippen molar-refractivity contribution in [3.05, 3.63) is 62.7 Å². The second kappa shape index (κ2) is 8.97. The van der Waals surface area contributed by atoms with E-state index >= 15 is 0 Å². The fourth-order valence-electron chi connectivity index (χ4n) is 2.24. The lowest BCUT2D eigenvalue weighted by molar-refractivity contribution is -0.113. The minimum atomic E-state index is -0.646. The average Bonchev–Trinajstić information content (AvgIpc) is 3.11. The van der Waals surface area contributed by atoms with Gasteiger partial charge in [-0.15, -0.1) is 0 Å². The molecule has 150 valence electrons. The first-order valence-corrected chi connectivity index (χ1v) is 10.1. The molecule has 9 nitrogen and oxygen atoms in total. The van der Waals surface area contributed by atoms with E-state index in [1.165, 1.54) is 6.07 Å². The molecule has 0 spiro atoms. The number of anilines is 3. The van der Waals surface area contributed by atoms with Crippen LogP contribution in [-0.4, -0.2) is 27.5 Å². The topological polar surface area (TPSA) is 143 Å². The van der Waals surface area contributed by atoms with Crippen LogP contribution in [0.3, 0.4) is 0 Å².